The summed E-state index contributed by atoms with van der Waals surface area (Å²) in [6.07, 6.45) is -0.367. The first-order valence-electron chi connectivity index (χ1n) is 6.55. The van der Waals surface area contributed by atoms with Gasteiger partial charge in [0.25, 0.3) is 0 Å². The Hall–Kier alpha value is -2.02. The molecule has 1 unspecified atom stereocenters. The number of carboxylic acid groups (broad SMARTS) is 1. The van der Waals surface area contributed by atoms with Crippen molar-refractivity contribution in [3.05, 3.63) is 30.3 Å². The lowest BCUT2D eigenvalue weighted by Gasteiger charge is -2.34. The van der Waals surface area contributed by atoms with Crippen LogP contribution < -0.4 is 5.32 Å². The van der Waals surface area contributed by atoms with Crippen LogP contribution in [0, 0.1) is 0 Å². The molecule has 0 aliphatic carbocycles. The summed E-state index contributed by atoms with van der Waals surface area (Å²) in [6.45, 7) is 0.703. The zero-order valence-electron chi connectivity index (χ0n) is 11.3. The molecule has 1 aromatic rings. The summed E-state index contributed by atoms with van der Waals surface area (Å²) in [4.78, 5) is 37.1. The summed E-state index contributed by atoms with van der Waals surface area (Å²) in [5.41, 5.74) is 0. The summed E-state index contributed by atoms with van der Waals surface area (Å²) in [7, 11) is 0. The Bertz CT molecular complexity index is 535. The van der Waals surface area contributed by atoms with Gasteiger partial charge >= 0.3 is 5.97 Å². The number of benzene rings is 1. The summed E-state index contributed by atoms with van der Waals surface area (Å²) in [5.74, 6) is -1.52. The molecule has 1 heterocycles. The van der Waals surface area contributed by atoms with Gasteiger partial charge in [0.2, 0.25) is 11.8 Å². The van der Waals surface area contributed by atoms with Crippen molar-refractivity contribution in [2.45, 2.75) is 17.4 Å². The van der Waals surface area contributed by atoms with Crippen molar-refractivity contribution in [2.24, 2.45) is 0 Å². The van der Waals surface area contributed by atoms with Crippen molar-refractivity contribution in [1.29, 1.82) is 0 Å². The van der Waals surface area contributed by atoms with Crippen LogP contribution in [0.25, 0.3) is 0 Å². The van der Waals surface area contributed by atoms with E-state index in [0.717, 1.165) is 4.90 Å². The second-order valence-electron chi connectivity index (χ2n) is 4.59. The van der Waals surface area contributed by atoms with E-state index in [1.54, 1.807) is 0 Å². The fourth-order valence-corrected chi connectivity index (χ4v) is 2.93. The van der Waals surface area contributed by atoms with E-state index in [1.807, 2.05) is 30.3 Å². The first kappa shape index (κ1) is 15.4. The van der Waals surface area contributed by atoms with Gasteiger partial charge < -0.3 is 15.3 Å². The van der Waals surface area contributed by atoms with Crippen molar-refractivity contribution in [2.75, 3.05) is 18.8 Å². The molecule has 7 heteroatoms. The monoisotopic (exact) mass is 308 g/mol. The molecule has 1 atom stereocenters. The van der Waals surface area contributed by atoms with Crippen LogP contribution in [0.3, 0.4) is 0 Å². The van der Waals surface area contributed by atoms with Crippen molar-refractivity contribution >= 4 is 29.5 Å². The number of aliphatic carboxylic acids is 1. The third-order valence-corrected chi connectivity index (χ3v) is 4.12. The minimum atomic E-state index is -1.09. The van der Waals surface area contributed by atoms with Crippen LogP contribution in [0.1, 0.15) is 6.42 Å². The quantitative estimate of drug-likeness (QED) is 0.777. The molecule has 2 N–H and O–H groups in total. The van der Waals surface area contributed by atoms with Crippen molar-refractivity contribution in [3.63, 3.8) is 0 Å². The van der Waals surface area contributed by atoms with Crippen molar-refractivity contribution in [3.8, 4) is 0 Å². The molecule has 1 aliphatic rings. The topological polar surface area (TPSA) is 86.7 Å². The second-order valence-corrected chi connectivity index (χ2v) is 5.64. The molecule has 0 saturated carbocycles. The molecule has 2 amide bonds. The fourth-order valence-electron chi connectivity index (χ4n) is 2.13. The number of hydrogen-bond acceptors (Lipinski definition) is 4. The Morgan fingerprint density at radius 1 is 1.33 bits per heavy atom. The molecular weight excluding hydrogens is 292 g/mol. The lowest BCUT2D eigenvalue weighted by molar-refractivity contribution is -0.147. The molecule has 0 spiro atoms. The van der Waals surface area contributed by atoms with E-state index < -0.39 is 17.9 Å². The fraction of sp³-hybridized carbons (Fsp3) is 0.357. The van der Waals surface area contributed by atoms with E-state index in [2.05, 4.69) is 5.32 Å². The third kappa shape index (κ3) is 4.22. The molecule has 112 valence electrons. The zero-order valence-corrected chi connectivity index (χ0v) is 12.1. The van der Waals surface area contributed by atoms with Gasteiger partial charge in [-0.15, -0.1) is 11.8 Å². The molecular formula is C14H16N2O4S. The highest BCUT2D eigenvalue weighted by Gasteiger charge is 2.34. The molecule has 0 radical (unpaired) electrons. The van der Waals surface area contributed by atoms with E-state index in [-0.39, 0.29) is 18.1 Å². The Morgan fingerprint density at radius 3 is 2.71 bits per heavy atom. The van der Waals surface area contributed by atoms with Gasteiger partial charge in [-0.25, -0.2) is 0 Å². The van der Waals surface area contributed by atoms with E-state index in [0.29, 0.717) is 13.1 Å². The van der Waals surface area contributed by atoms with Crippen LogP contribution in [-0.2, 0) is 14.4 Å². The minimum absolute atomic E-state index is 0.188. The van der Waals surface area contributed by atoms with Gasteiger partial charge in [0.05, 0.1) is 12.2 Å². The van der Waals surface area contributed by atoms with Gasteiger partial charge in [-0.2, -0.15) is 0 Å². The molecule has 1 aliphatic heterocycles. The summed E-state index contributed by atoms with van der Waals surface area (Å²) >= 11 is 1.37. The van der Waals surface area contributed by atoms with Gasteiger partial charge in [0.15, 0.2) is 0 Å². The van der Waals surface area contributed by atoms with Gasteiger partial charge in [-0.3, -0.25) is 14.4 Å². The SMILES string of the molecule is O=C(O)CC1C(=O)NCCN1C(=O)CSc1ccccc1. The Labute approximate surface area is 126 Å². The highest BCUT2D eigenvalue weighted by molar-refractivity contribution is 8.00. The number of carbonyl (C=O) groups excluding carboxylic acids is 2. The van der Waals surface area contributed by atoms with Crippen molar-refractivity contribution < 1.29 is 19.5 Å². The number of rotatable bonds is 5. The molecule has 1 saturated heterocycles. The molecule has 21 heavy (non-hydrogen) atoms. The average Bonchev–Trinajstić information content (AvgIpc) is 2.47. The van der Waals surface area contributed by atoms with Gasteiger partial charge in [-0.05, 0) is 12.1 Å². The maximum Gasteiger partial charge on any atom is 0.305 e. The number of amides is 2. The lowest BCUT2D eigenvalue weighted by atomic mass is 10.1. The maximum absolute atomic E-state index is 12.2. The first-order chi connectivity index (χ1) is 10.1. The number of piperazine rings is 1. The van der Waals surface area contributed by atoms with E-state index in [9.17, 15) is 14.4 Å². The van der Waals surface area contributed by atoms with E-state index in [4.69, 9.17) is 5.11 Å². The predicted molar refractivity (Wildman–Crippen MR) is 77.9 cm³/mol. The maximum atomic E-state index is 12.2. The van der Waals surface area contributed by atoms with E-state index >= 15 is 0 Å². The third-order valence-electron chi connectivity index (χ3n) is 3.12. The van der Waals surface area contributed by atoms with Crippen molar-refractivity contribution in [1.82, 2.24) is 10.2 Å². The second kappa shape index (κ2) is 7.12. The van der Waals surface area contributed by atoms with Gasteiger partial charge in [-0.1, -0.05) is 18.2 Å². The molecule has 0 bridgehead atoms. The first-order valence-corrected chi connectivity index (χ1v) is 7.53. The Kier molecular flexibility index (Phi) is 5.21. The Morgan fingerprint density at radius 2 is 2.05 bits per heavy atom. The summed E-state index contributed by atoms with van der Waals surface area (Å²) in [6, 6.07) is 8.54. The van der Waals surface area contributed by atoms with Gasteiger partial charge in [0.1, 0.15) is 6.04 Å². The van der Waals surface area contributed by atoms with Crippen LogP contribution in [-0.4, -0.2) is 52.7 Å². The Balaban J connectivity index is 1.98. The van der Waals surface area contributed by atoms with Crippen LogP contribution >= 0.6 is 11.8 Å². The normalized spacial score (nSPS) is 18.2. The molecule has 6 nitrogen and oxygen atoms in total. The highest BCUT2D eigenvalue weighted by atomic mass is 32.2. The largest absolute Gasteiger partial charge is 0.481 e. The average molecular weight is 308 g/mol. The number of nitrogens with one attached hydrogen (secondary N) is 1. The zero-order chi connectivity index (χ0) is 15.2. The number of thioether (sulfide) groups is 1. The van der Waals surface area contributed by atoms with Crippen LogP contribution in [0.2, 0.25) is 0 Å². The number of carboxylic acids is 1. The smallest absolute Gasteiger partial charge is 0.305 e. The molecule has 1 fully saturated rings. The number of nitrogens with zero attached hydrogens (tertiary/aromatic N) is 1. The minimum Gasteiger partial charge on any atom is -0.481 e. The van der Waals surface area contributed by atoms with Crippen LogP contribution in [0.4, 0.5) is 0 Å². The number of carbonyl (C=O) groups is 3. The van der Waals surface area contributed by atoms with Gasteiger partial charge in [0, 0.05) is 18.0 Å². The summed E-state index contributed by atoms with van der Waals surface area (Å²) in [5, 5.41) is 11.5. The standard InChI is InChI=1S/C14H16N2O4S/c17-12(9-21-10-4-2-1-3-5-10)16-7-6-15-14(20)11(16)8-13(18)19/h1-5,11H,6-9H2,(H,15,20)(H,18,19). The highest BCUT2D eigenvalue weighted by Crippen LogP contribution is 2.19. The van der Waals surface area contributed by atoms with E-state index in [1.165, 1.54) is 16.7 Å². The van der Waals surface area contributed by atoms with Crippen LogP contribution in [0.5, 0.6) is 0 Å². The molecule has 2 rings (SSSR count). The molecule has 0 aromatic heterocycles. The summed E-state index contributed by atoms with van der Waals surface area (Å²) < 4.78 is 0. The van der Waals surface area contributed by atoms with Crippen LogP contribution in [0.15, 0.2) is 35.2 Å². The number of hydrogen-bond donors (Lipinski definition) is 2. The lowest BCUT2D eigenvalue weighted by Crippen LogP contribution is -2.58. The predicted octanol–water partition coefficient (Wildman–Crippen LogP) is 0.580. The molecule has 1 aromatic carbocycles.